The molecular formula is C15H23FIN3O2. The number of ether oxygens (including phenoxy) is 2. The Morgan fingerprint density at radius 3 is 2.82 bits per heavy atom. The van der Waals surface area contributed by atoms with Crippen molar-refractivity contribution >= 4 is 29.9 Å². The normalized spacial score (nSPS) is 13.7. The van der Waals surface area contributed by atoms with Gasteiger partial charge in [-0.05, 0) is 30.5 Å². The zero-order valence-electron chi connectivity index (χ0n) is 12.9. The quantitative estimate of drug-likeness (QED) is 0.434. The van der Waals surface area contributed by atoms with Crippen LogP contribution in [0.25, 0.3) is 0 Å². The van der Waals surface area contributed by atoms with Crippen LogP contribution in [0.5, 0.6) is 5.75 Å². The predicted octanol–water partition coefficient (Wildman–Crippen LogP) is 2.43. The summed E-state index contributed by atoms with van der Waals surface area (Å²) in [6.07, 6.45) is 1.69. The molecule has 0 atom stereocenters. The standard InChI is InChI=1S/C15H22FN3O2.HI/c1-3-5-18-15(17-2)19-6-4-11-7-13(16)8-12-9-20-10-21-14(11)12;/h7-8H,3-6,9-10H2,1-2H3,(H2,17,18,19);1H. The van der Waals surface area contributed by atoms with E-state index in [1.165, 1.54) is 12.1 Å². The fraction of sp³-hybridized carbons (Fsp3) is 0.533. The van der Waals surface area contributed by atoms with Crippen LogP contribution in [0.3, 0.4) is 0 Å². The number of benzene rings is 1. The van der Waals surface area contributed by atoms with E-state index >= 15 is 0 Å². The second kappa shape index (κ2) is 9.83. The molecular weight excluding hydrogens is 400 g/mol. The average molecular weight is 423 g/mol. The molecule has 5 nitrogen and oxygen atoms in total. The van der Waals surface area contributed by atoms with Crippen LogP contribution < -0.4 is 15.4 Å². The average Bonchev–Trinajstić information content (AvgIpc) is 2.50. The Kier molecular flexibility index (Phi) is 8.47. The van der Waals surface area contributed by atoms with Crippen LogP contribution in [0.15, 0.2) is 17.1 Å². The lowest BCUT2D eigenvalue weighted by molar-refractivity contribution is -0.0172. The van der Waals surface area contributed by atoms with Crippen molar-refractivity contribution in [2.24, 2.45) is 4.99 Å². The molecule has 0 aliphatic carbocycles. The molecule has 1 aromatic carbocycles. The van der Waals surface area contributed by atoms with Crippen LogP contribution in [-0.4, -0.2) is 32.9 Å². The summed E-state index contributed by atoms with van der Waals surface area (Å²) in [7, 11) is 1.73. The summed E-state index contributed by atoms with van der Waals surface area (Å²) in [4.78, 5) is 4.13. The van der Waals surface area contributed by atoms with Crippen LogP contribution in [0, 0.1) is 5.82 Å². The van der Waals surface area contributed by atoms with Crippen molar-refractivity contribution in [2.45, 2.75) is 26.4 Å². The third kappa shape index (κ3) is 5.28. The van der Waals surface area contributed by atoms with Crippen molar-refractivity contribution in [2.75, 3.05) is 26.9 Å². The van der Waals surface area contributed by atoms with Gasteiger partial charge in [-0.25, -0.2) is 4.39 Å². The van der Waals surface area contributed by atoms with Crippen LogP contribution in [-0.2, 0) is 17.8 Å². The van der Waals surface area contributed by atoms with Gasteiger partial charge in [0.1, 0.15) is 11.6 Å². The Morgan fingerprint density at radius 1 is 1.32 bits per heavy atom. The van der Waals surface area contributed by atoms with E-state index in [4.69, 9.17) is 9.47 Å². The zero-order chi connectivity index (χ0) is 15.1. The maximum Gasteiger partial charge on any atom is 0.190 e. The largest absolute Gasteiger partial charge is 0.467 e. The summed E-state index contributed by atoms with van der Waals surface area (Å²) < 4.78 is 24.3. The van der Waals surface area contributed by atoms with E-state index in [0.29, 0.717) is 19.6 Å². The molecule has 0 fully saturated rings. The first-order valence-corrected chi connectivity index (χ1v) is 7.21. The van der Waals surface area contributed by atoms with Crippen molar-refractivity contribution in [3.05, 3.63) is 29.1 Å². The van der Waals surface area contributed by atoms with Crippen molar-refractivity contribution in [1.29, 1.82) is 0 Å². The van der Waals surface area contributed by atoms with Crippen LogP contribution in [0.1, 0.15) is 24.5 Å². The first kappa shape index (κ1) is 19.0. The minimum Gasteiger partial charge on any atom is -0.467 e. The molecule has 0 unspecified atom stereocenters. The number of aliphatic imine (C=N–C) groups is 1. The van der Waals surface area contributed by atoms with Gasteiger partial charge in [0.05, 0.1) is 6.61 Å². The number of hydrogen-bond donors (Lipinski definition) is 2. The van der Waals surface area contributed by atoms with Crippen LogP contribution in [0.4, 0.5) is 4.39 Å². The van der Waals surface area contributed by atoms with Gasteiger partial charge in [0.15, 0.2) is 12.8 Å². The Hall–Kier alpha value is -1.09. The Balaban J connectivity index is 0.00000242. The molecule has 2 rings (SSSR count). The highest BCUT2D eigenvalue weighted by Gasteiger charge is 2.16. The topological polar surface area (TPSA) is 54.9 Å². The fourth-order valence-electron chi connectivity index (χ4n) is 2.22. The lowest BCUT2D eigenvalue weighted by atomic mass is 10.1. The second-order valence-electron chi connectivity index (χ2n) is 4.84. The number of halogens is 2. The number of nitrogens with zero attached hydrogens (tertiary/aromatic N) is 1. The molecule has 0 spiro atoms. The molecule has 1 aliphatic heterocycles. The van der Waals surface area contributed by atoms with Gasteiger partial charge in [0.25, 0.3) is 0 Å². The number of rotatable bonds is 5. The maximum atomic E-state index is 13.6. The molecule has 1 aliphatic rings. The van der Waals surface area contributed by atoms with Crippen molar-refractivity contribution in [1.82, 2.24) is 10.6 Å². The van der Waals surface area contributed by atoms with Gasteiger partial charge in [0.2, 0.25) is 0 Å². The van der Waals surface area contributed by atoms with E-state index in [2.05, 4.69) is 22.5 Å². The molecule has 0 aromatic heterocycles. The van der Waals surface area contributed by atoms with Gasteiger partial charge in [-0.1, -0.05) is 6.92 Å². The van der Waals surface area contributed by atoms with Gasteiger partial charge < -0.3 is 20.1 Å². The summed E-state index contributed by atoms with van der Waals surface area (Å²) in [5.41, 5.74) is 1.62. The maximum absolute atomic E-state index is 13.6. The highest BCUT2D eigenvalue weighted by atomic mass is 127. The molecule has 0 saturated heterocycles. The summed E-state index contributed by atoms with van der Waals surface area (Å²) in [5.74, 6) is 1.25. The lowest BCUT2D eigenvalue weighted by Gasteiger charge is -2.21. The Bertz CT molecular complexity index is 512. The summed E-state index contributed by atoms with van der Waals surface area (Å²) >= 11 is 0. The van der Waals surface area contributed by atoms with E-state index in [9.17, 15) is 4.39 Å². The van der Waals surface area contributed by atoms with Gasteiger partial charge in [-0.2, -0.15) is 0 Å². The highest BCUT2D eigenvalue weighted by molar-refractivity contribution is 14.0. The molecule has 0 radical (unpaired) electrons. The van der Waals surface area contributed by atoms with E-state index in [1.54, 1.807) is 7.05 Å². The highest BCUT2D eigenvalue weighted by Crippen LogP contribution is 2.29. The Labute approximate surface area is 147 Å². The molecule has 0 saturated carbocycles. The molecule has 1 heterocycles. The molecule has 1 aromatic rings. The predicted molar refractivity (Wildman–Crippen MR) is 95.5 cm³/mol. The first-order chi connectivity index (χ1) is 10.2. The van der Waals surface area contributed by atoms with Gasteiger partial charge in [-0.3, -0.25) is 4.99 Å². The third-order valence-corrected chi connectivity index (χ3v) is 3.20. The Morgan fingerprint density at radius 2 is 2.09 bits per heavy atom. The number of guanidine groups is 1. The minimum atomic E-state index is -0.258. The van der Waals surface area contributed by atoms with E-state index in [-0.39, 0.29) is 36.6 Å². The van der Waals surface area contributed by atoms with Crippen molar-refractivity contribution < 1.29 is 13.9 Å². The summed E-state index contributed by atoms with van der Waals surface area (Å²) in [5, 5.41) is 6.40. The molecule has 0 amide bonds. The molecule has 22 heavy (non-hydrogen) atoms. The zero-order valence-corrected chi connectivity index (χ0v) is 15.3. The summed E-state index contributed by atoms with van der Waals surface area (Å²) in [6.45, 7) is 4.24. The molecule has 124 valence electrons. The second-order valence-corrected chi connectivity index (χ2v) is 4.84. The van der Waals surface area contributed by atoms with Gasteiger partial charge >= 0.3 is 0 Å². The number of hydrogen-bond acceptors (Lipinski definition) is 3. The fourth-order valence-corrected chi connectivity index (χ4v) is 2.22. The van der Waals surface area contributed by atoms with Gasteiger partial charge in [0, 0.05) is 25.7 Å². The van der Waals surface area contributed by atoms with Crippen LogP contribution in [0.2, 0.25) is 0 Å². The summed E-state index contributed by atoms with van der Waals surface area (Å²) in [6, 6.07) is 2.99. The number of nitrogens with one attached hydrogen (secondary N) is 2. The lowest BCUT2D eigenvalue weighted by Crippen LogP contribution is -2.38. The minimum absolute atomic E-state index is 0. The van der Waals surface area contributed by atoms with Crippen LogP contribution >= 0.6 is 24.0 Å². The smallest absolute Gasteiger partial charge is 0.190 e. The van der Waals surface area contributed by atoms with Crippen molar-refractivity contribution in [3.8, 4) is 5.75 Å². The SMILES string of the molecule is CCCNC(=NC)NCCc1cc(F)cc2c1OCOC2.I. The van der Waals surface area contributed by atoms with Crippen molar-refractivity contribution in [3.63, 3.8) is 0 Å². The monoisotopic (exact) mass is 423 g/mol. The molecule has 0 bridgehead atoms. The van der Waals surface area contributed by atoms with E-state index in [1.807, 2.05) is 0 Å². The number of fused-ring (bicyclic) bond motifs is 1. The van der Waals surface area contributed by atoms with E-state index in [0.717, 1.165) is 35.8 Å². The molecule has 7 heteroatoms. The third-order valence-electron chi connectivity index (χ3n) is 3.20. The van der Waals surface area contributed by atoms with E-state index < -0.39 is 0 Å². The van der Waals surface area contributed by atoms with Gasteiger partial charge in [-0.15, -0.1) is 24.0 Å². The first-order valence-electron chi connectivity index (χ1n) is 7.21. The molecule has 2 N–H and O–H groups in total.